The van der Waals surface area contributed by atoms with Crippen LogP contribution in [0.1, 0.15) is 29.2 Å². The Labute approximate surface area is 147 Å². The minimum absolute atomic E-state index is 0.242. The number of amides is 1. The van der Waals surface area contributed by atoms with E-state index in [2.05, 4.69) is 5.32 Å². The summed E-state index contributed by atoms with van der Waals surface area (Å²) in [4.78, 5) is 22.5. The standard InChI is InChI=1S/C20H23NO4/c1-13-9-17(25-12-16-7-5-4-6-8-16)10-14(2)18(13)11-19(20(23)24)21-15(3)22/h4-10,19H,11-12H2,1-3H3,(H,21,22)(H,23,24)/t19-/m0/s1. The van der Waals surface area contributed by atoms with Crippen molar-refractivity contribution in [2.75, 3.05) is 0 Å². The van der Waals surface area contributed by atoms with Gasteiger partial charge in [0, 0.05) is 13.3 Å². The van der Waals surface area contributed by atoms with Crippen LogP contribution in [0.3, 0.4) is 0 Å². The monoisotopic (exact) mass is 341 g/mol. The summed E-state index contributed by atoms with van der Waals surface area (Å²) in [5, 5.41) is 11.8. The van der Waals surface area contributed by atoms with Crippen LogP contribution in [0.15, 0.2) is 42.5 Å². The van der Waals surface area contributed by atoms with Gasteiger partial charge in [-0.2, -0.15) is 0 Å². The molecule has 2 aromatic carbocycles. The highest BCUT2D eigenvalue weighted by atomic mass is 16.5. The predicted molar refractivity (Wildman–Crippen MR) is 95.6 cm³/mol. The summed E-state index contributed by atoms with van der Waals surface area (Å²) in [5.41, 5.74) is 3.88. The molecule has 0 fully saturated rings. The van der Waals surface area contributed by atoms with Gasteiger partial charge >= 0.3 is 5.97 Å². The molecule has 0 aliphatic carbocycles. The molecule has 0 radical (unpaired) electrons. The molecular weight excluding hydrogens is 318 g/mol. The van der Waals surface area contributed by atoms with E-state index in [0.29, 0.717) is 6.61 Å². The molecule has 0 aliphatic heterocycles. The molecule has 0 bridgehead atoms. The molecule has 1 amide bonds. The molecule has 2 rings (SSSR count). The zero-order valence-corrected chi connectivity index (χ0v) is 14.7. The Morgan fingerprint density at radius 2 is 1.72 bits per heavy atom. The van der Waals surface area contributed by atoms with Crippen molar-refractivity contribution in [3.05, 3.63) is 64.7 Å². The maximum Gasteiger partial charge on any atom is 0.326 e. The number of aryl methyl sites for hydroxylation is 2. The molecule has 0 heterocycles. The Morgan fingerprint density at radius 3 is 2.24 bits per heavy atom. The Morgan fingerprint density at radius 1 is 1.12 bits per heavy atom. The van der Waals surface area contributed by atoms with Crippen molar-refractivity contribution in [2.24, 2.45) is 0 Å². The number of aliphatic carboxylic acids is 1. The van der Waals surface area contributed by atoms with E-state index in [1.165, 1.54) is 6.92 Å². The van der Waals surface area contributed by atoms with Crippen molar-refractivity contribution in [3.8, 4) is 5.75 Å². The van der Waals surface area contributed by atoms with Crippen molar-refractivity contribution < 1.29 is 19.4 Å². The summed E-state index contributed by atoms with van der Waals surface area (Å²) < 4.78 is 5.84. The van der Waals surface area contributed by atoms with Crippen LogP contribution in [-0.4, -0.2) is 23.0 Å². The van der Waals surface area contributed by atoms with Gasteiger partial charge in [0.2, 0.25) is 5.91 Å². The molecule has 1 atom stereocenters. The first-order valence-corrected chi connectivity index (χ1v) is 8.13. The second-order valence-corrected chi connectivity index (χ2v) is 6.11. The van der Waals surface area contributed by atoms with Crippen LogP contribution in [0, 0.1) is 13.8 Å². The van der Waals surface area contributed by atoms with Gasteiger partial charge in [0.1, 0.15) is 18.4 Å². The number of carbonyl (C=O) groups is 2. The predicted octanol–water partition coefficient (Wildman–Crippen LogP) is 3.01. The average Bonchev–Trinajstić information content (AvgIpc) is 2.55. The van der Waals surface area contributed by atoms with Crippen LogP contribution in [-0.2, 0) is 22.6 Å². The summed E-state index contributed by atoms with van der Waals surface area (Å²) in [5.74, 6) is -0.655. The lowest BCUT2D eigenvalue weighted by molar-refractivity contribution is -0.141. The highest BCUT2D eigenvalue weighted by molar-refractivity contribution is 5.82. The Hall–Kier alpha value is -2.82. The number of carboxylic acids is 1. The third kappa shape index (κ3) is 5.35. The third-order valence-electron chi connectivity index (χ3n) is 4.00. The molecular formula is C20H23NO4. The van der Waals surface area contributed by atoms with Gasteiger partial charge < -0.3 is 15.2 Å². The fraction of sp³-hybridized carbons (Fsp3) is 0.300. The van der Waals surface area contributed by atoms with Crippen LogP contribution in [0.25, 0.3) is 0 Å². The molecule has 0 saturated carbocycles. The van der Waals surface area contributed by atoms with Gasteiger partial charge in [-0.25, -0.2) is 4.79 Å². The topological polar surface area (TPSA) is 75.6 Å². The lowest BCUT2D eigenvalue weighted by Crippen LogP contribution is -2.41. The Balaban J connectivity index is 2.13. The Kier molecular flexibility index (Phi) is 6.17. The Bertz CT molecular complexity index is 733. The summed E-state index contributed by atoms with van der Waals surface area (Å²) in [6, 6.07) is 12.7. The van der Waals surface area contributed by atoms with Crippen molar-refractivity contribution in [1.29, 1.82) is 0 Å². The molecule has 2 N–H and O–H groups in total. The van der Waals surface area contributed by atoms with Gasteiger partial charge in [0.25, 0.3) is 0 Å². The molecule has 0 aromatic heterocycles. The molecule has 0 spiro atoms. The summed E-state index contributed by atoms with van der Waals surface area (Å²) in [6.45, 7) is 5.63. The van der Waals surface area contributed by atoms with E-state index in [0.717, 1.165) is 28.0 Å². The highest BCUT2D eigenvalue weighted by Crippen LogP contribution is 2.24. The minimum Gasteiger partial charge on any atom is -0.489 e. The van der Waals surface area contributed by atoms with Gasteiger partial charge in [0.05, 0.1) is 0 Å². The molecule has 25 heavy (non-hydrogen) atoms. The van der Waals surface area contributed by atoms with Crippen molar-refractivity contribution in [1.82, 2.24) is 5.32 Å². The summed E-state index contributed by atoms with van der Waals surface area (Å²) in [7, 11) is 0. The van der Waals surface area contributed by atoms with E-state index >= 15 is 0 Å². The largest absolute Gasteiger partial charge is 0.489 e. The fourth-order valence-corrected chi connectivity index (χ4v) is 2.75. The lowest BCUT2D eigenvalue weighted by atomic mass is 9.96. The number of hydrogen-bond donors (Lipinski definition) is 2. The molecule has 5 heteroatoms. The number of benzene rings is 2. The zero-order valence-electron chi connectivity index (χ0n) is 14.7. The van der Waals surface area contributed by atoms with Crippen LogP contribution in [0.4, 0.5) is 0 Å². The summed E-state index contributed by atoms with van der Waals surface area (Å²) in [6.07, 6.45) is 0.242. The molecule has 0 unspecified atom stereocenters. The lowest BCUT2D eigenvalue weighted by Gasteiger charge is -2.18. The van der Waals surface area contributed by atoms with Gasteiger partial charge in [-0.05, 0) is 48.2 Å². The normalized spacial score (nSPS) is 11.6. The summed E-state index contributed by atoms with van der Waals surface area (Å²) >= 11 is 0. The smallest absolute Gasteiger partial charge is 0.326 e. The average molecular weight is 341 g/mol. The van der Waals surface area contributed by atoms with Crippen molar-refractivity contribution in [3.63, 3.8) is 0 Å². The fourth-order valence-electron chi connectivity index (χ4n) is 2.75. The minimum atomic E-state index is -1.04. The van der Waals surface area contributed by atoms with E-state index in [-0.39, 0.29) is 12.3 Å². The first-order valence-electron chi connectivity index (χ1n) is 8.13. The number of nitrogens with one attached hydrogen (secondary N) is 1. The third-order valence-corrected chi connectivity index (χ3v) is 4.00. The van der Waals surface area contributed by atoms with E-state index in [9.17, 15) is 14.7 Å². The van der Waals surface area contributed by atoms with Crippen LogP contribution in [0.5, 0.6) is 5.75 Å². The van der Waals surface area contributed by atoms with E-state index < -0.39 is 12.0 Å². The highest BCUT2D eigenvalue weighted by Gasteiger charge is 2.21. The van der Waals surface area contributed by atoms with Gasteiger partial charge in [-0.3, -0.25) is 4.79 Å². The van der Waals surface area contributed by atoms with E-state index in [1.807, 2.05) is 56.3 Å². The van der Waals surface area contributed by atoms with E-state index in [4.69, 9.17) is 4.74 Å². The number of carbonyl (C=O) groups excluding carboxylic acids is 1. The SMILES string of the molecule is CC(=O)N[C@@H](Cc1c(C)cc(OCc2ccccc2)cc1C)C(=O)O. The van der Waals surface area contributed by atoms with E-state index in [1.54, 1.807) is 0 Å². The maximum absolute atomic E-state index is 11.3. The van der Waals surface area contributed by atoms with Crippen molar-refractivity contribution >= 4 is 11.9 Å². The molecule has 132 valence electrons. The van der Waals surface area contributed by atoms with Gasteiger partial charge in [-0.1, -0.05) is 30.3 Å². The quantitative estimate of drug-likeness (QED) is 0.812. The molecule has 0 saturated heterocycles. The van der Waals surface area contributed by atoms with Crippen LogP contribution in [0.2, 0.25) is 0 Å². The first kappa shape index (κ1) is 18.5. The number of rotatable bonds is 7. The maximum atomic E-state index is 11.3. The first-order chi connectivity index (χ1) is 11.9. The zero-order chi connectivity index (χ0) is 18.4. The van der Waals surface area contributed by atoms with Gasteiger partial charge in [-0.15, -0.1) is 0 Å². The second kappa shape index (κ2) is 8.33. The number of ether oxygens (including phenoxy) is 1. The molecule has 5 nitrogen and oxygen atoms in total. The number of hydrogen-bond acceptors (Lipinski definition) is 3. The van der Waals surface area contributed by atoms with Crippen molar-refractivity contribution in [2.45, 2.75) is 39.8 Å². The van der Waals surface area contributed by atoms with Crippen LogP contribution < -0.4 is 10.1 Å². The van der Waals surface area contributed by atoms with Gasteiger partial charge in [0.15, 0.2) is 0 Å². The number of carboxylic acid groups (broad SMARTS) is 1. The molecule has 2 aromatic rings. The molecule has 0 aliphatic rings. The second-order valence-electron chi connectivity index (χ2n) is 6.11. The van der Waals surface area contributed by atoms with Crippen LogP contribution >= 0.6 is 0 Å².